The van der Waals surface area contributed by atoms with E-state index in [4.69, 9.17) is 5.14 Å². The number of hydrogen-bond acceptors (Lipinski definition) is 7. The number of aldehydes is 1. The third-order valence-electron chi connectivity index (χ3n) is 2.68. The normalized spacial score (nSPS) is 14.0. The summed E-state index contributed by atoms with van der Waals surface area (Å²) >= 11 is 2.89. The molecule has 0 radical (unpaired) electrons. The van der Waals surface area contributed by atoms with Gasteiger partial charge in [-0.15, -0.1) is 0 Å². The van der Waals surface area contributed by atoms with E-state index in [0.717, 1.165) is 30.6 Å². The van der Waals surface area contributed by atoms with E-state index in [1.807, 2.05) is 0 Å². The van der Waals surface area contributed by atoms with Crippen LogP contribution in [-0.2, 0) is 9.59 Å². The molecule has 6 nitrogen and oxygen atoms in total. The molecule has 0 aliphatic rings. The number of amides is 1. The number of nitrogens with one attached hydrogen (secondary N) is 3. The van der Waals surface area contributed by atoms with Gasteiger partial charge in [-0.1, -0.05) is 36.0 Å². The minimum atomic E-state index is -0.502. The van der Waals surface area contributed by atoms with Gasteiger partial charge >= 0.3 is 0 Å². The van der Waals surface area contributed by atoms with Gasteiger partial charge in [0.1, 0.15) is 6.29 Å². The molecule has 0 heterocycles. The highest BCUT2D eigenvalue weighted by Crippen LogP contribution is 2.00. The summed E-state index contributed by atoms with van der Waals surface area (Å²) in [5.41, 5.74) is 0. The molecule has 0 aromatic carbocycles. The van der Waals surface area contributed by atoms with Gasteiger partial charge in [0, 0.05) is 18.1 Å². The summed E-state index contributed by atoms with van der Waals surface area (Å²) in [4.78, 5) is 22.5. The quantitative estimate of drug-likeness (QED) is 0.168. The lowest BCUT2D eigenvalue weighted by atomic mass is 10.2. The number of carbonyl (C=O) groups excluding carboxylic acids is 2. The predicted octanol–water partition coefficient (Wildman–Crippen LogP) is 0.459. The maximum Gasteiger partial charge on any atom is 0.237 e. The molecule has 0 spiro atoms. The zero-order valence-corrected chi connectivity index (χ0v) is 14.3. The first-order chi connectivity index (χ1) is 10.2. The maximum absolute atomic E-state index is 11.6. The Bertz CT molecular complexity index is 317. The van der Waals surface area contributed by atoms with E-state index < -0.39 is 6.04 Å². The molecule has 0 rings (SSSR count). The van der Waals surface area contributed by atoms with Crippen LogP contribution in [0.5, 0.6) is 0 Å². The molecule has 0 aliphatic carbocycles. The highest BCUT2D eigenvalue weighted by atomic mass is 32.2. The van der Waals surface area contributed by atoms with Crippen molar-refractivity contribution < 1.29 is 9.59 Å². The van der Waals surface area contributed by atoms with Crippen molar-refractivity contribution in [3.8, 4) is 0 Å². The Morgan fingerprint density at radius 3 is 2.52 bits per heavy atom. The van der Waals surface area contributed by atoms with Crippen molar-refractivity contribution >= 4 is 36.1 Å². The average Bonchev–Trinajstić information content (AvgIpc) is 2.50. The van der Waals surface area contributed by atoms with Gasteiger partial charge in [-0.2, -0.15) is 0 Å². The molecule has 5 N–H and O–H groups in total. The highest BCUT2D eigenvalue weighted by molar-refractivity contribution is 7.97. The lowest BCUT2D eigenvalue weighted by Crippen LogP contribution is -2.48. The summed E-state index contributed by atoms with van der Waals surface area (Å²) in [5, 5.41) is 10.8. The van der Waals surface area contributed by atoms with Gasteiger partial charge in [-0.05, 0) is 26.8 Å². The Labute approximate surface area is 135 Å². The number of hydrogen-bond donors (Lipinski definition) is 4. The predicted molar refractivity (Wildman–Crippen MR) is 92.0 cm³/mol. The van der Waals surface area contributed by atoms with Crippen molar-refractivity contribution in [3.05, 3.63) is 12.2 Å². The minimum Gasteiger partial charge on any atom is -0.344 e. The molecule has 0 saturated heterocycles. The van der Waals surface area contributed by atoms with Crippen LogP contribution >= 0.6 is 23.9 Å². The summed E-state index contributed by atoms with van der Waals surface area (Å²) in [7, 11) is 1.70. The van der Waals surface area contributed by atoms with Gasteiger partial charge in [-0.25, -0.2) is 0 Å². The lowest BCUT2D eigenvalue weighted by molar-refractivity contribution is -0.125. The molecule has 0 aliphatic heterocycles. The second-order valence-corrected chi connectivity index (χ2v) is 6.11. The van der Waals surface area contributed by atoms with Crippen molar-refractivity contribution in [1.29, 1.82) is 0 Å². The molecule has 21 heavy (non-hydrogen) atoms. The summed E-state index contributed by atoms with van der Waals surface area (Å²) in [6.07, 6.45) is 6.94. The van der Waals surface area contributed by atoms with E-state index >= 15 is 0 Å². The van der Waals surface area contributed by atoms with E-state index in [0.29, 0.717) is 6.54 Å². The van der Waals surface area contributed by atoms with E-state index in [9.17, 15) is 9.59 Å². The SMILES string of the molecule is CNC(C)C(=O)NC(C=O)CNSCC/C=C/CCSN. The van der Waals surface area contributed by atoms with Gasteiger partial charge < -0.3 is 15.4 Å². The largest absolute Gasteiger partial charge is 0.344 e. The van der Waals surface area contributed by atoms with E-state index in [-0.39, 0.29) is 11.9 Å². The van der Waals surface area contributed by atoms with Crippen molar-refractivity contribution in [1.82, 2.24) is 15.4 Å². The number of carbonyl (C=O) groups is 2. The molecule has 2 unspecified atom stereocenters. The average molecular weight is 335 g/mol. The summed E-state index contributed by atoms with van der Waals surface area (Å²) < 4.78 is 3.09. The van der Waals surface area contributed by atoms with E-state index in [1.54, 1.807) is 25.9 Å². The molecule has 0 bridgehead atoms. The maximum atomic E-state index is 11.6. The van der Waals surface area contributed by atoms with Gasteiger partial charge in [0.15, 0.2) is 0 Å². The van der Waals surface area contributed by atoms with Crippen molar-refractivity contribution in [3.63, 3.8) is 0 Å². The van der Waals surface area contributed by atoms with Crippen LogP contribution in [0.3, 0.4) is 0 Å². The molecule has 0 aromatic heterocycles. The molecular weight excluding hydrogens is 308 g/mol. The van der Waals surface area contributed by atoms with Crippen LogP contribution in [0.2, 0.25) is 0 Å². The topological polar surface area (TPSA) is 96.2 Å². The number of nitrogens with two attached hydrogens (primary N) is 1. The zero-order chi connectivity index (χ0) is 15.9. The third kappa shape index (κ3) is 11.8. The first kappa shape index (κ1) is 20.5. The first-order valence-corrected chi connectivity index (χ1v) is 8.93. The van der Waals surface area contributed by atoms with Crippen LogP contribution in [0.25, 0.3) is 0 Å². The van der Waals surface area contributed by atoms with Crippen LogP contribution in [-0.4, -0.2) is 49.4 Å². The monoisotopic (exact) mass is 334 g/mol. The van der Waals surface area contributed by atoms with E-state index in [1.165, 1.54) is 11.9 Å². The van der Waals surface area contributed by atoms with Crippen LogP contribution in [0, 0.1) is 0 Å². The fraction of sp³-hybridized carbons (Fsp3) is 0.692. The fourth-order valence-electron chi connectivity index (χ4n) is 1.29. The van der Waals surface area contributed by atoms with Gasteiger partial charge in [0.2, 0.25) is 5.91 Å². The molecular formula is C13H26N4O2S2. The number of likely N-dealkylation sites (N-methyl/N-ethyl adjacent to an activating group) is 1. The smallest absolute Gasteiger partial charge is 0.237 e. The third-order valence-corrected chi connectivity index (χ3v) is 3.96. The molecule has 122 valence electrons. The van der Waals surface area contributed by atoms with Gasteiger partial charge in [0.05, 0.1) is 12.1 Å². The van der Waals surface area contributed by atoms with Crippen molar-refractivity contribution in [2.75, 3.05) is 25.1 Å². The summed E-state index contributed by atoms with van der Waals surface area (Å²) in [6, 6.07) is -0.810. The van der Waals surface area contributed by atoms with Gasteiger partial charge in [-0.3, -0.25) is 14.7 Å². The van der Waals surface area contributed by atoms with Gasteiger partial charge in [0.25, 0.3) is 0 Å². The molecule has 1 amide bonds. The Morgan fingerprint density at radius 1 is 1.29 bits per heavy atom. The van der Waals surface area contributed by atoms with Crippen LogP contribution in [0.4, 0.5) is 0 Å². The first-order valence-electron chi connectivity index (χ1n) is 6.90. The number of rotatable bonds is 13. The van der Waals surface area contributed by atoms with E-state index in [2.05, 4.69) is 27.5 Å². The van der Waals surface area contributed by atoms with Crippen molar-refractivity contribution in [2.45, 2.75) is 31.8 Å². The Kier molecular flexibility index (Phi) is 14.0. The Morgan fingerprint density at radius 2 is 1.95 bits per heavy atom. The highest BCUT2D eigenvalue weighted by Gasteiger charge is 2.15. The standard InChI is InChI=1S/C13H26N4O2S2/c1-11(15-2)13(19)17-12(10-18)9-16-21-8-6-4-3-5-7-20-14/h3-4,10-12,15-16H,5-9,14H2,1-2H3,(H,17,19)/b4-3+. The second kappa shape index (κ2) is 14.4. The van der Waals surface area contributed by atoms with Crippen LogP contribution in [0.15, 0.2) is 12.2 Å². The minimum absolute atomic E-state index is 0.179. The Balaban J connectivity index is 3.66. The second-order valence-electron chi connectivity index (χ2n) is 4.38. The van der Waals surface area contributed by atoms with Crippen molar-refractivity contribution in [2.24, 2.45) is 5.14 Å². The van der Waals surface area contributed by atoms with Crippen LogP contribution in [0.1, 0.15) is 19.8 Å². The summed E-state index contributed by atoms with van der Waals surface area (Å²) in [6.45, 7) is 2.17. The lowest BCUT2D eigenvalue weighted by Gasteiger charge is -2.16. The fourth-order valence-corrected chi connectivity index (χ4v) is 2.26. The molecule has 8 heteroatoms. The number of allylic oxidation sites excluding steroid dienone is 2. The molecule has 0 aromatic rings. The van der Waals surface area contributed by atoms with Crippen LogP contribution < -0.4 is 20.5 Å². The molecule has 2 atom stereocenters. The molecule has 0 saturated carbocycles. The summed E-state index contributed by atoms with van der Waals surface area (Å²) in [5.74, 6) is 1.67. The molecule has 0 fully saturated rings. The Hall–Kier alpha value is -0.540. The zero-order valence-electron chi connectivity index (χ0n) is 12.6.